The summed E-state index contributed by atoms with van der Waals surface area (Å²) in [6.45, 7) is 1.95. The molecule has 1 aromatic heterocycles. The van der Waals surface area contributed by atoms with Gasteiger partial charge in [0.15, 0.2) is 5.13 Å². The molecule has 2 N–H and O–H groups in total. The molecule has 4 saturated carbocycles. The zero-order chi connectivity index (χ0) is 18.6. The first-order chi connectivity index (χ1) is 13.0. The van der Waals surface area contributed by atoms with Gasteiger partial charge in [0.1, 0.15) is 0 Å². The summed E-state index contributed by atoms with van der Waals surface area (Å²) in [7, 11) is 2.10. The van der Waals surface area contributed by atoms with Crippen molar-refractivity contribution in [1.29, 1.82) is 0 Å². The molecule has 7 heteroatoms. The molecule has 0 unspecified atom stereocenters. The zero-order valence-electron chi connectivity index (χ0n) is 15.9. The maximum absolute atomic E-state index is 12.9. The summed E-state index contributed by atoms with van der Waals surface area (Å²) >= 11 is 1.55. The van der Waals surface area contributed by atoms with Gasteiger partial charge in [-0.15, -0.1) is 11.3 Å². The normalized spacial score (nSPS) is 34.3. The van der Waals surface area contributed by atoms with Crippen LogP contribution < -0.4 is 10.6 Å². The van der Waals surface area contributed by atoms with Crippen molar-refractivity contribution in [3.63, 3.8) is 0 Å². The molecule has 6 rings (SSSR count). The van der Waals surface area contributed by atoms with Crippen LogP contribution in [0, 0.1) is 23.2 Å². The van der Waals surface area contributed by atoms with Crippen LogP contribution in [0.5, 0.6) is 0 Å². The Kier molecular flexibility index (Phi) is 4.27. The molecule has 4 aliphatic carbocycles. The lowest BCUT2D eigenvalue weighted by Crippen LogP contribution is -2.54. The number of amides is 2. The van der Waals surface area contributed by atoms with Crippen LogP contribution in [0.2, 0.25) is 0 Å². The third-order valence-electron chi connectivity index (χ3n) is 7.10. The Morgan fingerprint density at radius 2 is 1.85 bits per heavy atom. The van der Waals surface area contributed by atoms with Crippen molar-refractivity contribution in [3.05, 3.63) is 10.6 Å². The first-order valence-electron chi connectivity index (χ1n) is 10.2. The van der Waals surface area contributed by atoms with Gasteiger partial charge in [-0.05, 0) is 63.3 Å². The first kappa shape index (κ1) is 17.6. The third-order valence-corrected chi connectivity index (χ3v) is 8.10. The fraction of sp³-hybridized carbons (Fsp3) is 0.750. The van der Waals surface area contributed by atoms with E-state index in [1.54, 1.807) is 11.3 Å². The van der Waals surface area contributed by atoms with Gasteiger partial charge in [0.25, 0.3) is 0 Å². The number of hydrogen-bond acceptors (Lipinski definition) is 5. The molecule has 4 fully saturated rings. The summed E-state index contributed by atoms with van der Waals surface area (Å²) in [5, 5.41) is 6.48. The monoisotopic (exact) mass is 388 g/mol. The van der Waals surface area contributed by atoms with Crippen molar-refractivity contribution in [2.75, 3.05) is 25.5 Å². The summed E-state index contributed by atoms with van der Waals surface area (Å²) in [6.07, 6.45) is 7.96. The molecule has 27 heavy (non-hydrogen) atoms. The Morgan fingerprint density at radius 1 is 1.19 bits per heavy atom. The SMILES string of the molecule is CN1CCc2nc(NC(=O)CNC(=O)C34CC5CC(CC(C5)C3)C4)sc2C1. The lowest BCUT2D eigenvalue weighted by Gasteiger charge is -2.55. The van der Waals surface area contributed by atoms with E-state index in [1.165, 1.54) is 24.1 Å². The molecule has 0 aromatic carbocycles. The fourth-order valence-corrected chi connectivity index (χ4v) is 7.38. The van der Waals surface area contributed by atoms with Crippen LogP contribution in [-0.4, -0.2) is 41.8 Å². The third kappa shape index (κ3) is 3.29. The number of thiazole rings is 1. The van der Waals surface area contributed by atoms with Crippen LogP contribution in [0.15, 0.2) is 0 Å². The highest BCUT2D eigenvalue weighted by molar-refractivity contribution is 7.15. The quantitative estimate of drug-likeness (QED) is 0.831. The second-order valence-electron chi connectivity index (χ2n) is 9.31. The molecular formula is C20H28N4O2S. The standard InChI is InChI=1S/C20H28N4O2S/c1-24-3-2-15-16(11-24)27-19(22-15)23-17(25)10-21-18(26)20-7-12-4-13(8-20)6-14(5-12)9-20/h12-14H,2-11H2,1H3,(H,21,26)(H,22,23,25). The second-order valence-corrected chi connectivity index (χ2v) is 10.4. The van der Waals surface area contributed by atoms with E-state index in [4.69, 9.17) is 0 Å². The van der Waals surface area contributed by atoms with Gasteiger partial charge in [-0.3, -0.25) is 9.59 Å². The highest BCUT2D eigenvalue weighted by Crippen LogP contribution is 2.60. The van der Waals surface area contributed by atoms with Crippen LogP contribution in [0.1, 0.15) is 49.1 Å². The minimum Gasteiger partial charge on any atom is -0.347 e. The van der Waals surface area contributed by atoms with Gasteiger partial charge < -0.3 is 15.5 Å². The number of likely N-dealkylation sites (N-methyl/N-ethyl adjacent to an activating group) is 1. The fourth-order valence-electron chi connectivity index (χ4n) is 6.28. The van der Waals surface area contributed by atoms with Crippen molar-refractivity contribution in [3.8, 4) is 0 Å². The summed E-state index contributed by atoms with van der Waals surface area (Å²) in [6, 6.07) is 0. The summed E-state index contributed by atoms with van der Waals surface area (Å²) in [4.78, 5) is 33.3. The van der Waals surface area contributed by atoms with Gasteiger partial charge in [-0.1, -0.05) is 0 Å². The van der Waals surface area contributed by atoms with E-state index in [0.29, 0.717) is 5.13 Å². The molecule has 6 nitrogen and oxygen atoms in total. The van der Waals surface area contributed by atoms with Crippen LogP contribution in [0.3, 0.4) is 0 Å². The van der Waals surface area contributed by atoms with Crippen LogP contribution in [0.25, 0.3) is 0 Å². The lowest BCUT2D eigenvalue weighted by atomic mass is 9.49. The van der Waals surface area contributed by atoms with E-state index in [9.17, 15) is 9.59 Å². The van der Waals surface area contributed by atoms with Crippen molar-refractivity contribution in [1.82, 2.24) is 15.2 Å². The summed E-state index contributed by atoms with van der Waals surface area (Å²) in [5.41, 5.74) is 0.908. The molecule has 5 aliphatic rings. The highest BCUT2D eigenvalue weighted by Gasteiger charge is 2.54. The van der Waals surface area contributed by atoms with E-state index in [2.05, 4.69) is 27.6 Å². The number of nitrogens with one attached hydrogen (secondary N) is 2. The lowest BCUT2D eigenvalue weighted by molar-refractivity contribution is -0.146. The number of carbonyl (C=O) groups excluding carboxylic acids is 2. The molecule has 0 spiro atoms. The van der Waals surface area contributed by atoms with Crippen LogP contribution in [0.4, 0.5) is 5.13 Å². The number of nitrogens with zero attached hydrogens (tertiary/aromatic N) is 2. The summed E-state index contributed by atoms with van der Waals surface area (Å²) < 4.78 is 0. The minimum atomic E-state index is -0.195. The van der Waals surface area contributed by atoms with Crippen molar-refractivity contribution in [2.45, 2.75) is 51.5 Å². The maximum atomic E-state index is 12.9. The van der Waals surface area contributed by atoms with Gasteiger partial charge in [0.05, 0.1) is 12.2 Å². The Morgan fingerprint density at radius 3 is 2.52 bits per heavy atom. The first-order valence-corrected chi connectivity index (χ1v) is 11.1. The predicted molar refractivity (Wildman–Crippen MR) is 104 cm³/mol. The molecule has 2 heterocycles. The van der Waals surface area contributed by atoms with Gasteiger partial charge >= 0.3 is 0 Å². The minimum absolute atomic E-state index is 0.0464. The van der Waals surface area contributed by atoms with E-state index in [0.717, 1.165) is 62.2 Å². The van der Waals surface area contributed by atoms with Gasteiger partial charge in [-0.25, -0.2) is 4.98 Å². The number of carbonyl (C=O) groups is 2. The van der Waals surface area contributed by atoms with E-state index < -0.39 is 0 Å². The van der Waals surface area contributed by atoms with Gasteiger partial charge in [0, 0.05) is 29.8 Å². The summed E-state index contributed by atoms with van der Waals surface area (Å²) in [5.74, 6) is 2.13. The van der Waals surface area contributed by atoms with Crippen molar-refractivity contribution in [2.24, 2.45) is 23.2 Å². The average Bonchev–Trinajstić information content (AvgIpc) is 2.99. The molecule has 146 valence electrons. The molecule has 1 aromatic rings. The largest absolute Gasteiger partial charge is 0.347 e. The maximum Gasteiger partial charge on any atom is 0.245 e. The van der Waals surface area contributed by atoms with Gasteiger partial charge in [0.2, 0.25) is 11.8 Å². The predicted octanol–water partition coefficient (Wildman–Crippen LogP) is 2.40. The molecule has 4 bridgehead atoms. The van der Waals surface area contributed by atoms with Crippen molar-refractivity contribution >= 4 is 28.3 Å². The molecule has 0 atom stereocenters. The van der Waals surface area contributed by atoms with E-state index in [1.807, 2.05) is 0 Å². The Labute approximate surface area is 164 Å². The number of anilines is 1. The number of fused-ring (bicyclic) bond motifs is 1. The van der Waals surface area contributed by atoms with Crippen LogP contribution in [-0.2, 0) is 22.6 Å². The Bertz CT molecular complexity index is 739. The van der Waals surface area contributed by atoms with Crippen molar-refractivity contribution < 1.29 is 9.59 Å². The van der Waals surface area contributed by atoms with Crippen LogP contribution >= 0.6 is 11.3 Å². The topological polar surface area (TPSA) is 74.3 Å². The molecule has 2 amide bonds. The number of aromatic nitrogens is 1. The highest BCUT2D eigenvalue weighted by atomic mass is 32.1. The van der Waals surface area contributed by atoms with E-state index >= 15 is 0 Å². The zero-order valence-corrected chi connectivity index (χ0v) is 16.7. The number of rotatable bonds is 4. The molecule has 0 radical (unpaired) electrons. The average molecular weight is 389 g/mol. The smallest absolute Gasteiger partial charge is 0.245 e. The molecule has 0 saturated heterocycles. The molecule has 1 aliphatic heterocycles. The van der Waals surface area contributed by atoms with E-state index in [-0.39, 0.29) is 23.8 Å². The molecular weight excluding hydrogens is 360 g/mol. The Hall–Kier alpha value is -1.47. The number of hydrogen-bond donors (Lipinski definition) is 2. The van der Waals surface area contributed by atoms with Gasteiger partial charge in [-0.2, -0.15) is 0 Å². The second kappa shape index (κ2) is 6.55. The Balaban J connectivity index is 1.17.